The normalized spacial score (nSPS) is 10.5. The van der Waals surface area contributed by atoms with E-state index < -0.39 is 41.1 Å². The number of hydrogen-bond donors (Lipinski definition) is 2. The topological polar surface area (TPSA) is 52.0 Å². The van der Waals surface area contributed by atoms with Crippen LogP contribution in [0.2, 0.25) is 0 Å². The number of hydrogen-bond acceptors (Lipinski definition) is 2. The van der Waals surface area contributed by atoms with E-state index in [9.17, 15) is 17.6 Å². The van der Waals surface area contributed by atoms with E-state index in [2.05, 4.69) is 0 Å². The van der Waals surface area contributed by atoms with Crippen molar-refractivity contribution in [1.29, 1.82) is 0 Å². The molecule has 0 spiro atoms. The number of nitrogens with two attached hydrogens (primary N) is 2. The van der Waals surface area contributed by atoms with Crippen LogP contribution >= 0.6 is 0 Å². The summed E-state index contributed by atoms with van der Waals surface area (Å²) in [5.74, 6) is -6.31. The van der Waals surface area contributed by atoms with E-state index in [1.165, 1.54) is 0 Å². The molecular weight excluding hydrogens is 188 g/mol. The molecule has 0 aliphatic carbocycles. The zero-order valence-corrected chi connectivity index (χ0v) is 6.37. The second-order valence-electron chi connectivity index (χ2n) is 2.35. The van der Waals surface area contributed by atoms with Crippen molar-refractivity contribution in [3.05, 3.63) is 28.8 Å². The first kappa shape index (κ1) is 9.79. The molecule has 0 heterocycles. The van der Waals surface area contributed by atoms with E-state index in [0.29, 0.717) is 0 Å². The van der Waals surface area contributed by atoms with Crippen LogP contribution in [0.15, 0.2) is 0 Å². The largest absolute Gasteiger partial charge is 0.394 e. The van der Waals surface area contributed by atoms with E-state index in [0.717, 1.165) is 0 Å². The Morgan fingerprint density at radius 2 is 1.23 bits per heavy atom. The minimum absolute atomic E-state index is 0.633. The summed E-state index contributed by atoms with van der Waals surface area (Å²) < 4.78 is 50.8. The average Bonchev–Trinajstić information content (AvgIpc) is 2.13. The van der Waals surface area contributed by atoms with Crippen LogP contribution in [0.3, 0.4) is 0 Å². The maximum atomic E-state index is 12.8. The van der Waals surface area contributed by atoms with Gasteiger partial charge in [-0.25, -0.2) is 17.6 Å². The lowest BCUT2D eigenvalue weighted by atomic mass is 10.1. The number of anilines is 1. The van der Waals surface area contributed by atoms with Gasteiger partial charge in [-0.1, -0.05) is 0 Å². The van der Waals surface area contributed by atoms with E-state index in [1.54, 1.807) is 0 Å². The predicted octanol–water partition coefficient (Wildman–Crippen LogP) is 1.28. The van der Waals surface area contributed by atoms with Crippen molar-refractivity contribution in [3.8, 4) is 0 Å². The van der Waals surface area contributed by atoms with Crippen LogP contribution < -0.4 is 11.5 Å². The van der Waals surface area contributed by atoms with Crippen molar-refractivity contribution < 1.29 is 17.6 Å². The molecule has 1 aromatic carbocycles. The van der Waals surface area contributed by atoms with Gasteiger partial charge in [0.2, 0.25) is 0 Å². The third-order valence-electron chi connectivity index (χ3n) is 1.59. The van der Waals surface area contributed by atoms with Crippen molar-refractivity contribution in [2.45, 2.75) is 6.54 Å². The second-order valence-corrected chi connectivity index (χ2v) is 2.35. The molecular formula is C7H6F4N2. The molecule has 1 rings (SSSR count). The fraction of sp³-hybridized carbons (Fsp3) is 0.143. The van der Waals surface area contributed by atoms with Crippen LogP contribution in [0, 0.1) is 23.3 Å². The Hall–Kier alpha value is -1.30. The summed E-state index contributed by atoms with van der Waals surface area (Å²) in [5.41, 5.74) is 7.60. The predicted molar refractivity (Wildman–Crippen MR) is 38.6 cm³/mol. The van der Waals surface area contributed by atoms with Crippen molar-refractivity contribution >= 4 is 5.69 Å². The highest BCUT2D eigenvalue weighted by molar-refractivity contribution is 5.45. The first-order valence-electron chi connectivity index (χ1n) is 3.31. The van der Waals surface area contributed by atoms with Gasteiger partial charge in [0.25, 0.3) is 0 Å². The maximum Gasteiger partial charge on any atom is 0.185 e. The third kappa shape index (κ3) is 1.33. The Morgan fingerprint density at radius 1 is 0.846 bits per heavy atom. The average molecular weight is 194 g/mol. The highest BCUT2D eigenvalue weighted by Gasteiger charge is 2.22. The Labute approximate surface area is 71.1 Å². The van der Waals surface area contributed by atoms with Crippen LogP contribution in [-0.2, 0) is 6.54 Å². The van der Waals surface area contributed by atoms with Crippen molar-refractivity contribution in [3.63, 3.8) is 0 Å². The lowest BCUT2D eigenvalue weighted by Gasteiger charge is -2.06. The fourth-order valence-electron chi connectivity index (χ4n) is 0.873. The molecule has 0 fully saturated rings. The van der Waals surface area contributed by atoms with Gasteiger partial charge in [0.1, 0.15) is 5.69 Å². The lowest BCUT2D eigenvalue weighted by Crippen LogP contribution is -2.11. The number of rotatable bonds is 1. The van der Waals surface area contributed by atoms with Crippen molar-refractivity contribution in [1.82, 2.24) is 0 Å². The summed E-state index contributed by atoms with van der Waals surface area (Å²) in [6, 6.07) is 0. The summed E-state index contributed by atoms with van der Waals surface area (Å²) in [6.07, 6.45) is 0. The van der Waals surface area contributed by atoms with Crippen LogP contribution in [0.1, 0.15) is 5.56 Å². The Kier molecular flexibility index (Phi) is 2.42. The minimum atomic E-state index is -1.61. The van der Waals surface area contributed by atoms with E-state index in [1.807, 2.05) is 0 Å². The van der Waals surface area contributed by atoms with Gasteiger partial charge < -0.3 is 11.5 Å². The van der Waals surface area contributed by atoms with Crippen LogP contribution in [-0.4, -0.2) is 0 Å². The summed E-state index contributed by atoms with van der Waals surface area (Å²) in [6.45, 7) is -0.633. The first-order valence-corrected chi connectivity index (χ1v) is 3.31. The van der Waals surface area contributed by atoms with Gasteiger partial charge in [-0.15, -0.1) is 0 Å². The summed E-state index contributed by atoms with van der Waals surface area (Å²) in [4.78, 5) is 0. The standard InChI is InChI=1S/C7H6F4N2/c8-3-2(1-12)4(9)6(11)7(13)5(3)10/h1,12-13H2. The molecule has 0 aliphatic rings. The van der Waals surface area contributed by atoms with Crippen LogP contribution in [0.25, 0.3) is 0 Å². The number of nitrogen functional groups attached to an aromatic ring is 1. The van der Waals surface area contributed by atoms with Crippen LogP contribution in [0.5, 0.6) is 0 Å². The zero-order valence-electron chi connectivity index (χ0n) is 6.37. The SMILES string of the molecule is NCc1c(F)c(F)c(N)c(F)c1F. The maximum absolute atomic E-state index is 12.8. The second kappa shape index (κ2) is 3.21. The van der Waals surface area contributed by atoms with E-state index in [4.69, 9.17) is 11.5 Å². The van der Waals surface area contributed by atoms with Crippen LogP contribution in [0.4, 0.5) is 23.2 Å². The van der Waals surface area contributed by atoms with Gasteiger partial charge in [-0.2, -0.15) is 0 Å². The molecule has 0 saturated heterocycles. The van der Waals surface area contributed by atoms with Gasteiger partial charge in [0.15, 0.2) is 23.3 Å². The quantitative estimate of drug-likeness (QED) is 0.402. The Morgan fingerprint density at radius 3 is 1.54 bits per heavy atom. The molecule has 0 unspecified atom stereocenters. The van der Waals surface area contributed by atoms with Gasteiger partial charge in [0.05, 0.1) is 0 Å². The molecule has 0 aromatic heterocycles. The molecule has 0 bridgehead atoms. The van der Waals surface area contributed by atoms with Gasteiger partial charge in [-0.05, 0) is 0 Å². The smallest absolute Gasteiger partial charge is 0.185 e. The van der Waals surface area contributed by atoms with E-state index in [-0.39, 0.29) is 0 Å². The summed E-state index contributed by atoms with van der Waals surface area (Å²) >= 11 is 0. The molecule has 13 heavy (non-hydrogen) atoms. The van der Waals surface area contributed by atoms with E-state index >= 15 is 0 Å². The molecule has 0 saturated carbocycles. The minimum Gasteiger partial charge on any atom is -0.394 e. The number of halogens is 4. The number of benzene rings is 1. The molecule has 0 amide bonds. The molecule has 2 nitrogen and oxygen atoms in total. The highest BCUT2D eigenvalue weighted by atomic mass is 19.2. The van der Waals surface area contributed by atoms with Gasteiger partial charge >= 0.3 is 0 Å². The van der Waals surface area contributed by atoms with Crippen molar-refractivity contribution in [2.24, 2.45) is 5.73 Å². The first-order chi connectivity index (χ1) is 6.00. The summed E-state index contributed by atoms with van der Waals surface area (Å²) in [5, 5.41) is 0. The Balaban J connectivity index is 3.56. The lowest BCUT2D eigenvalue weighted by molar-refractivity contribution is 0.445. The summed E-state index contributed by atoms with van der Waals surface area (Å²) in [7, 11) is 0. The van der Waals surface area contributed by atoms with Crippen molar-refractivity contribution in [2.75, 3.05) is 5.73 Å². The molecule has 0 atom stereocenters. The molecule has 72 valence electrons. The van der Waals surface area contributed by atoms with Gasteiger partial charge in [-0.3, -0.25) is 0 Å². The molecule has 6 heteroatoms. The molecule has 1 aromatic rings. The van der Waals surface area contributed by atoms with Gasteiger partial charge in [0, 0.05) is 12.1 Å². The zero-order chi connectivity index (χ0) is 10.2. The molecule has 4 N–H and O–H groups in total. The highest BCUT2D eigenvalue weighted by Crippen LogP contribution is 2.25. The fourth-order valence-corrected chi connectivity index (χ4v) is 0.873. The molecule has 0 radical (unpaired) electrons. The molecule has 0 aliphatic heterocycles. The monoisotopic (exact) mass is 194 g/mol. The Bertz CT molecular complexity index is 322. The third-order valence-corrected chi connectivity index (χ3v) is 1.59.